The third-order valence-electron chi connectivity index (χ3n) is 3.08. The predicted octanol–water partition coefficient (Wildman–Crippen LogP) is 1.98. The number of rotatable bonds is 4. The SMILES string of the molecule is C[C@@H](NC(=O)c1cccnc1)c1ccc(S(C)(=O)=O)cc1. The van der Waals surface area contributed by atoms with Crippen LogP contribution in [0.2, 0.25) is 0 Å². The average Bonchev–Trinajstić information content (AvgIpc) is 2.47. The number of benzene rings is 1. The second-order valence-corrected chi connectivity index (χ2v) is 6.79. The molecule has 0 saturated heterocycles. The van der Waals surface area contributed by atoms with E-state index >= 15 is 0 Å². The highest BCUT2D eigenvalue weighted by Crippen LogP contribution is 2.16. The molecule has 1 amide bonds. The minimum atomic E-state index is -3.21. The maximum absolute atomic E-state index is 12.0. The Labute approximate surface area is 124 Å². The molecule has 0 radical (unpaired) electrons. The molecule has 1 heterocycles. The van der Waals surface area contributed by atoms with Crippen molar-refractivity contribution in [1.29, 1.82) is 0 Å². The van der Waals surface area contributed by atoms with E-state index in [9.17, 15) is 13.2 Å². The molecular weight excluding hydrogens is 288 g/mol. The normalized spacial score (nSPS) is 12.7. The van der Waals surface area contributed by atoms with Gasteiger partial charge < -0.3 is 5.32 Å². The molecule has 2 aromatic rings. The lowest BCUT2D eigenvalue weighted by atomic mass is 10.1. The molecule has 0 unspecified atom stereocenters. The first-order valence-corrected chi connectivity index (χ1v) is 8.28. The first kappa shape index (κ1) is 15.2. The number of nitrogens with one attached hydrogen (secondary N) is 1. The molecule has 0 spiro atoms. The molecule has 5 nitrogen and oxygen atoms in total. The van der Waals surface area contributed by atoms with Gasteiger partial charge in [-0.3, -0.25) is 9.78 Å². The third kappa shape index (κ3) is 3.88. The fourth-order valence-electron chi connectivity index (χ4n) is 1.86. The Balaban J connectivity index is 2.10. The average molecular weight is 304 g/mol. The first-order valence-electron chi connectivity index (χ1n) is 6.39. The molecular formula is C15H16N2O3S. The fourth-order valence-corrected chi connectivity index (χ4v) is 2.49. The van der Waals surface area contributed by atoms with E-state index in [-0.39, 0.29) is 16.8 Å². The van der Waals surface area contributed by atoms with Crippen LogP contribution in [-0.4, -0.2) is 25.6 Å². The summed E-state index contributed by atoms with van der Waals surface area (Å²) in [4.78, 5) is 16.2. The molecule has 0 aliphatic heterocycles. The fraction of sp³-hybridized carbons (Fsp3) is 0.200. The molecule has 0 fully saturated rings. The van der Waals surface area contributed by atoms with Crippen LogP contribution in [0.3, 0.4) is 0 Å². The van der Waals surface area contributed by atoms with Crippen LogP contribution >= 0.6 is 0 Å². The third-order valence-corrected chi connectivity index (χ3v) is 4.21. The van der Waals surface area contributed by atoms with Crippen LogP contribution in [0.1, 0.15) is 28.9 Å². The molecule has 0 bridgehead atoms. The van der Waals surface area contributed by atoms with Gasteiger partial charge in [0.2, 0.25) is 0 Å². The van der Waals surface area contributed by atoms with Gasteiger partial charge in [-0.05, 0) is 36.8 Å². The second kappa shape index (κ2) is 6.05. The van der Waals surface area contributed by atoms with Crippen molar-refractivity contribution in [2.75, 3.05) is 6.26 Å². The molecule has 1 aromatic heterocycles. The van der Waals surface area contributed by atoms with Gasteiger partial charge in [0, 0.05) is 18.6 Å². The molecule has 1 atom stereocenters. The van der Waals surface area contributed by atoms with Crippen molar-refractivity contribution in [3.63, 3.8) is 0 Å². The Morgan fingerprint density at radius 3 is 2.38 bits per heavy atom. The Morgan fingerprint density at radius 1 is 1.19 bits per heavy atom. The van der Waals surface area contributed by atoms with Gasteiger partial charge in [0.1, 0.15) is 0 Å². The van der Waals surface area contributed by atoms with Crippen LogP contribution in [0.4, 0.5) is 0 Å². The van der Waals surface area contributed by atoms with Crippen molar-refractivity contribution in [2.24, 2.45) is 0 Å². The molecule has 21 heavy (non-hydrogen) atoms. The van der Waals surface area contributed by atoms with Crippen molar-refractivity contribution in [3.8, 4) is 0 Å². The van der Waals surface area contributed by atoms with Crippen molar-refractivity contribution in [1.82, 2.24) is 10.3 Å². The van der Waals surface area contributed by atoms with Gasteiger partial charge >= 0.3 is 0 Å². The number of aromatic nitrogens is 1. The van der Waals surface area contributed by atoms with Crippen LogP contribution in [0, 0.1) is 0 Å². The lowest BCUT2D eigenvalue weighted by molar-refractivity contribution is 0.0939. The van der Waals surface area contributed by atoms with Crippen LogP contribution < -0.4 is 5.32 Å². The zero-order valence-electron chi connectivity index (χ0n) is 11.8. The van der Waals surface area contributed by atoms with E-state index < -0.39 is 9.84 Å². The van der Waals surface area contributed by atoms with E-state index in [0.717, 1.165) is 11.8 Å². The van der Waals surface area contributed by atoms with Gasteiger partial charge in [-0.25, -0.2) is 8.42 Å². The lowest BCUT2D eigenvalue weighted by Gasteiger charge is -2.14. The van der Waals surface area contributed by atoms with Gasteiger partial charge in [-0.2, -0.15) is 0 Å². The summed E-state index contributed by atoms with van der Waals surface area (Å²) >= 11 is 0. The van der Waals surface area contributed by atoms with Crippen LogP contribution in [0.25, 0.3) is 0 Å². The quantitative estimate of drug-likeness (QED) is 0.937. The summed E-state index contributed by atoms with van der Waals surface area (Å²) in [6.45, 7) is 1.84. The highest BCUT2D eigenvalue weighted by Gasteiger charge is 2.13. The number of nitrogens with zero attached hydrogens (tertiary/aromatic N) is 1. The molecule has 0 aliphatic carbocycles. The maximum atomic E-state index is 12.0. The minimum absolute atomic E-state index is 0.220. The molecule has 6 heteroatoms. The zero-order valence-corrected chi connectivity index (χ0v) is 12.6. The minimum Gasteiger partial charge on any atom is -0.345 e. The number of amides is 1. The van der Waals surface area contributed by atoms with E-state index in [1.54, 1.807) is 30.5 Å². The summed E-state index contributed by atoms with van der Waals surface area (Å²) in [5.74, 6) is -0.220. The van der Waals surface area contributed by atoms with Crippen molar-refractivity contribution >= 4 is 15.7 Å². The van der Waals surface area contributed by atoms with Crippen molar-refractivity contribution in [3.05, 3.63) is 59.9 Å². The molecule has 1 aromatic carbocycles. The van der Waals surface area contributed by atoms with Gasteiger partial charge in [0.25, 0.3) is 5.91 Å². The van der Waals surface area contributed by atoms with E-state index in [0.29, 0.717) is 5.56 Å². The Bertz CT molecular complexity index is 725. The Kier molecular flexibility index (Phi) is 4.37. The molecule has 110 valence electrons. The number of hydrogen-bond donors (Lipinski definition) is 1. The van der Waals surface area contributed by atoms with Crippen LogP contribution in [-0.2, 0) is 9.84 Å². The van der Waals surface area contributed by atoms with E-state index in [2.05, 4.69) is 10.3 Å². The summed E-state index contributed by atoms with van der Waals surface area (Å²) in [5.41, 5.74) is 1.32. The number of carbonyl (C=O) groups is 1. The summed E-state index contributed by atoms with van der Waals surface area (Å²) in [5, 5.41) is 2.84. The van der Waals surface area contributed by atoms with E-state index in [1.165, 1.54) is 18.3 Å². The molecule has 1 N–H and O–H groups in total. The standard InChI is InChI=1S/C15H16N2O3S/c1-11(17-15(18)13-4-3-9-16-10-13)12-5-7-14(8-6-12)21(2,19)20/h3-11H,1-2H3,(H,17,18)/t11-/m1/s1. The topological polar surface area (TPSA) is 76.1 Å². The zero-order chi connectivity index (χ0) is 15.5. The Hall–Kier alpha value is -2.21. The summed E-state index contributed by atoms with van der Waals surface area (Å²) < 4.78 is 22.8. The van der Waals surface area contributed by atoms with Crippen molar-refractivity contribution in [2.45, 2.75) is 17.9 Å². The summed E-state index contributed by atoms with van der Waals surface area (Å²) in [6, 6.07) is 9.62. The number of sulfone groups is 1. The highest BCUT2D eigenvalue weighted by molar-refractivity contribution is 7.90. The molecule has 0 saturated carbocycles. The number of hydrogen-bond acceptors (Lipinski definition) is 4. The molecule has 2 rings (SSSR count). The molecule has 0 aliphatic rings. The smallest absolute Gasteiger partial charge is 0.253 e. The van der Waals surface area contributed by atoms with Gasteiger partial charge in [-0.1, -0.05) is 12.1 Å². The number of pyridine rings is 1. The predicted molar refractivity (Wildman–Crippen MR) is 79.7 cm³/mol. The summed E-state index contributed by atoms with van der Waals surface area (Å²) in [7, 11) is -3.21. The number of carbonyl (C=O) groups excluding carboxylic acids is 1. The van der Waals surface area contributed by atoms with E-state index in [1.807, 2.05) is 6.92 Å². The summed E-state index contributed by atoms with van der Waals surface area (Å²) in [6.07, 6.45) is 4.26. The highest BCUT2D eigenvalue weighted by atomic mass is 32.2. The van der Waals surface area contributed by atoms with Crippen molar-refractivity contribution < 1.29 is 13.2 Å². The largest absolute Gasteiger partial charge is 0.345 e. The second-order valence-electron chi connectivity index (χ2n) is 4.78. The maximum Gasteiger partial charge on any atom is 0.253 e. The van der Waals surface area contributed by atoms with Gasteiger partial charge in [0.15, 0.2) is 9.84 Å². The monoisotopic (exact) mass is 304 g/mol. The van der Waals surface area contributed by atoms with Gasteiger partial charge in [0.05, 0.1) is 16.5 Å². The lowest BCUT2D eigenvalue weighted by Crippen LogP contribution is -2.26. The first-order chi connectivity index (χ1) is 9.88. The van der Waals surface area contributed by atoms with E-state index in [4.69, 9.17) is 0 Å². The Morgan fingerprint density at radius 2 is 1.86 bits per heavy atom. The van der Waals surface area contributed by atoms with Crippen LogP contribution in [0.5, 0.6) is 0 Å². The van der Waals surface area contributed by atoms with Crippen LogP contribution in [0.15, 0.2) is 53.7 Å². The van der Waals surface area contributed by atoms with Gasteiger partial charge in [-0.15, -0.1) is 0 Å².